The summed E-state index contributed by atoms with van der Waals surface area (Å²) in [6.45, 7) is 6.07. The molecular weight excluding hydrogens is 152 g/mol. The highest BCUT2D eigenvalue weighted by atomic mass is 16.5. The molecular formula is C9H22N2O. The molecule has 0 saturated carbocycles. The molecule has 0 radical (unpaired) electrons. The molecule has 0 fully saturated rings. The first-order valence-corrected chi connectivity index (χ1v) is 4.56. The van der Waals surface area contributed by atoms with Gasteiger partial charge in [0.05, 0.1) is 6.10 Å². The fourth-order valence-corrected chi connectivity index (χ4v) is 1.10. The van der Waals surface area contributed by atoms with E-state index in [2.05, 4.69) is 25.8 Å². The molecule has 3 nitrogen and oxygen atoms in total. The van der Waals surface area contributed by atoms with Gasteiger partial charge in [-0.2, -0.15) is 0 Å². The lowest BCUT2D eigenvalue weighted by Crippen LogP contribution is -2.39. The molecule has 0 rings (SSSR count). The van der Waals surface area contributed by atoms with Crippen molar-refractivity contribution in [2.45, 2.75) is 32.4 Å². The molecule has 74 valence electrons. The minimum Gasteiger partial charge on any atom is -0.380 e. The zero-order valence-corrected chi connectivity index (χ0v) is 8.71. The lowest BCUT2D eigenvalue weighted by atomic mass is 10.2. The van der Waals surface area contributed by atoms with Gasteiger partial charge in [0.2, 0.25) is 0 Å². The lowest BCUT2D eigenvalue weighted by molar-refractivity contribution is 0.0439. The molecule has 2 unspecified atom stereocenters. The zero-order valence-electron chi connectivity index (χ0n) is 8.71. The molecule has 3 heteroatoms. The summed E-state index contributed by atoms with van der Waals surface area (Å²) in [6, 6.07) is 0.460. The smallest absolute Gasteiger partial charge is 0.0695 e. The maximum atomic E-state index is 5.43. The average molecular weight is 174 g/mol. The Morgan fingerprint density at radius 3 is 2.42 bits per heavy atom. The van der Waals surface area contributed by atoms with E-state index < -0.39 is 0 Å². The second-order valence-corrected chi connectivity index (χ2v) is 3.30. The molecule has 0 heterocycles. The van der Waals surface area contributed by atoms with Crippen molar-refractivity contribution in [3.8, 4) is 0 Å². The largest absolute Gasteiger partial charge is 0.380 e. The van der Waals surface area contributed by atoms with Crippen LogP contribution in [0.5, 0.6) is 0 Å². The van der Waals surface area contributed by atoms with Crippen molar-refractivity contribution in [3.05, 3.63) is 0 Å². The summed E-state index contributed by atoms with van der Waals surface area (Å²) in [4.78, 5) is 2.28. The van der Waals surface area contributed by atoms with Crippen LogP contribution in [0.4, 0.5) is 0 Å². The van der Waals surface area contributed by atoms with Crippen LogP contribution in [-0.4, -0.2) is 44.3 Å². The minimum absolute atomic E-state index is 0.285. The Labute approximate surface area is 75.9 Å². The highest BCUT2D eigenvalue weighted by Gasteiger charge is 2.15. The van der Waals surface area contributed by atoms with Crippen LogP contribution >= 0.6 is 0 Å². The van der Waals surface area contributed by atoms with Gasteiger partial charge in [-0.15, -0.1) is 0 Å². The SMILES string of the molecule is COC(C)C(C)N(C)CCCN. The molecule has 0 saturated heterocycles. The normalized spacial score (nSPS) is 16.5. The van der Waals surface area contributed by atoms with E-state index >= 15 is 0 Å². The number of hydrogen-bond donors (Lipinski definition) is 1. The van der Waals surface area contributed by atoms with Gasteiger partial charge in [-0.25, -0.2) is 0 Å². The van der Waals surface area contributed by atoms with Crippen LogP contribution in [0.25, 0.3) is 0 Å². The van der Waals surface area contributed by atoms with Gasteiger partial charge in [0.1, 0.15) is 0 Å². The Kier molecular flexibility index (Phi) is 6.34. The van der Waals surface area contributed by atoms with Gasteiger partial charge in [0.25, 0.3) is 0 Å². The summed E-state index contributed by atoms with van der Waals surface area (Å²) in [6.07, 6.45) is 1.34. The van der Waals surface area contributed by atoms with Gasteiger partial charge in [0, 0.05) is 13.2 Å². The molecule has 0 aromatic carbocycles. The fourth-order valence-electron chi connectivity index (χ4n) is 1.10. The van der Waals surface area contributed by atoms with E-state index in [4.69, 9.17) is 10.5 Å². The highest BCUT2D eigenvalue weighted by molar-refractivity contribution is 4.69. The van der Waals surface area contributed by atoms with Gasteiger partial charge < -0.3 is 15.4 Å². The van der Waals surface area contributed by atoms with Crippen LogP contribution in [-0.2, 0) is 4.74 Å². The van der Waals surface area contributed by atoms with Crippen LogP contribution in [0.3, 0.4) is 0 Å². The minimum atomic E-state index is 0.285. The van der Waals surface area contributed by atoms with Gasteiger partial charge >= 0.3 is 0 Å². The average Bonchev–Trinajstić information content (AvgIpc) is 2.11. The number of hydrogen-bond acceptors (Lipinski definition) is 3. The van der Waals surface area contributed by atoms with Gasteiger partial charge in [-0.3, -0.25) is 0 Å². The maximum Gasteiger partial charge on any atom is 0.0695 e. The Balaban J connectivity index is 3.67. The van der Waals surface area contributed by atoms with Crippen molar-refractivity contribution in [3.63, 3.8) is 0 Å². The monoisotopic (exact) mass is 174 g/mol. The Morgan fingerprint density at radius 2 is 2.00 bits per heavy atom. The molecule has 12 heavy (non-hydrogen) atoms. The molecule has 0 bridgehead atoms. The Morgan fingerprint density at radius 1 is 1.42 bits per heavy atom. The van der Waals surface area contributed by atoms with Gasteiger partial charge in [-0.05, 0) is 40.4 Å². The molecule has 2 atom stereocenters. The van der Waals surface area contributed by atoms with E-state index in [0.717, 1.165) is 19.5 Å². The summed E-state index contributed by atoms with van der Waals surface area (Å²) in [5.74, 6) is 0. The fraction of sp³-hybridized carbons (Fsp3) is 1.00. The molecule has 2 N–H and O–H groups in total. The van der Waals surface area contributed by atoms with Crippen LogP contribution in [0.1, 0.15) is 20.3 Å². The predicted octanol–water partition coefficient (Wildman–Crippen LogP) is 0.690. The van der Waals surface area contributed by atoms with Crippen molar-refractivity contribution in [2.75, 3.05) is 27.2 Å². The van der Waals surface area contributed by atoms with Crippen molar-refractivity contribution in [1.29, 1.82) is 0 Å². The molecule has 0 aliphatic rings. The second-order valence-electron chi connectivity index (χ2n) is 3.30. The number of likely N-dealkylation sites (N-methyl/N-ethyl adjacent to an activating group) is 1. The van der Waals surface area contributed by atoms with E-state index in [0.29, 0.717) is 6.04 Å². The van der Waals surface area contributed by atoms with Gasteiger partial charge in [-0.1, -0.05) is 0 Å². The van der Waals surface area contributed by atoms with E-state index in [-0.39, 0.29) is 6.10 Å². The molecule has 0 aliphatic heterocycles. The Bertz CT molecular complexity index is 109. The predicted molar refractivity (Wildman–Crippen MR) is 52.2 cm³/mol. The summed E-state index contributed by atoms with van der Waals surface area (Å²) in [7, 11) is 3.85. The third-order valence-corrected chi connectivity index (χ3v) is 2.46. The van der Waals surface area contributed by atoms with Crippen molar-refractivity contribution in [1.82, 2.24) is 4.90 Å². The number of nitrogens with zero attached hydrogens (tertiary/aromatic N) is 1. The second kappa shape index (κ2) is 6.40. The molecule has 0 amide bonds. The highest BCUT2D eigenvalue weighted by Crippen LogP contribution is 2.04. The summed E-state index contributed by atoms with van der Waals surface area (Å²) < 4.78 is 5.24. The van der Waals surface area contributed by atoms with Crippen molar-refractivity contribution < 1.29 is 4.74 Å². The topological polar surface area (TPSA) is 38.5 Å². The molecule has 0 spiro atoms. The van der Waals surface area contributed by atoms with Crippen molar-refractivity contribution in [2.24, 2.45) is 5.73 Å². The third kappa shape index (κ3) is 4.04. The number of methoxy groups -OCH3 is 1. The molecule has 0 aromatic rings. The summed E-state index contributed by atoms with van der Waals surface area (Å²) in [5, 5.41) is 0. The lowest BCUT2D eigenvalue weighted by Gasteiger charge is -2.28. The first kappa shape index (κ1) is 11.9. The van der Waals surface area contributed by atoms with Gasteiger partial charge in [0.15, 0.2) is 0 Å². The maximum absolute atomic E-state index is 5.43. The van der Waals surface area contributed by atoms with Crippen LogP contribution in [0.15, 0.2) is 0 Å². The van der Waals surface area contributed by atoms with E-state index in [1.807, 2.05) is 0 Å². The van der Waals surface area contributed by atoms with Crippen LogP contribution < -0.4 is 5.73 Å². The first-order chi connectivity index (χ1) is 5.63. The molecule has 0 aliphatic carbocycles. The summed E-state index contributed by atoms with van der Waals surface area (Å²) in [5.41, 5.74) is 5.43. The van der Waals surface area contributed by atoms with Crippen LogP contribution in [0, 0.1) is 0 Å². The third-order valence-electron chi connectivity index (χ3n) is 2.46. The van der Waals surface area contributed by atoms with E-state index in [9.17, 15) is 0 Å². The van der Waals surface area contributed by atoms with E-state index in [1.54, 1.807) is 7.11 Å². The number of rotatable bonds is 6. The zero-order chi connectivity index (χ0) is 9.56. The Hall–Kier alpha value is -0.120. The van der Waals surface area contributed by atoms with Crippen molar-refractivity contribution >= 4 is 0 Å². The quantitative estimate of drug-likeness (QED) is 0.644. The van der Waals surface area contributed by atoms with Crippen LogP contribution in [0.2, 0.25) is 0 Å². The first-order valence-electron chi connectivity index (χ1n) is 4.56. The van der Waals surface area contributed by atoms with E-state index in [1.165, 1.54) is 0 Å². The number of nitrogens with two attached hydrogens (primary N) is 1. The standard InChI is InChI=1S/C9H22N2O/c1-8(9(2)12-4)11(3)7-5-6-10/h8-9H,5-7,10H2,1-4H3. The number of ether oxygens (including phenoxy) is 1. The summed E-state index contributed by atoms with van der Waals surface area (Å²) >= 11 is 0. The molecule has 0 aromatic heterocycles.